The van der Waals surface area contributed by atoms with Crippen molar-refractivity contribution in [3.8, 4) is 0 Å². The van der Waals surface area contributed by atoms with Crippen LogP contribution in [0.3, 0.4) is 0 Å². The van der Waals surface area contributed by atoms with Crippen molar-refractivity contribution in [2.45, 2.75) is 18.9 Å². The summed E-state index contributed by atoms with van der Waals surface area (Å²) in [4.78, 5) is 18.6. The summed E-state index contributed by atoms with van der Waals surface area (Å²) in [5.74, 6) is 0.123. The van der Waals surface area contributed by atoms with Crippen LogP contribution >= 0.6 is 0 Å². The van der Waals surface area contributed by atoms with E-state index in [0.29, 0.717) is 26.3 Å². The lowest BCUT2D eigenvalue weighted by atomic mass is 10.2. The Morgan fingerprint density at radius 1 is 1.50 bits per heavy atom. The van der Waals surface area contributed by atoms with Gasteiger partial charge in [0.15, 0.2) is 0 Å². The quantitative estimate of drug-likeness (QED) is 0.358. The summed E-state index contributed by atoms with van der Waals surface area (Å²) >= 11 is 0. The molecule has 0 unspecified atom stereocenters. The first-order chi connectivity index (χ1) is 10.6. The summed E-state index contributed by atoms with van der Waals surface area (Å²) in [5.41, 5.74) is 5.35. The number of anilines is 3. The van der Waals surface area contributed by atoms with Crippen molar-refractivity contribution in [2.24, 2.45) is 0 Å². The van der Waals surface area contributed by atoms with Gasteiger partial charge in [-0.05, 0) is 12.8 Å². The Labute approximate surface area is 127 Å². The van der Waals surface area contributed by atoms with E-state index >= 15 is 0 Å². The highest BCUT2D eigenvalue weighted by Gasteiger charge is 2.24. The van der Waals surface area contributed by atoms with Crippen molar-refractivity contribution in [3.05, 3.63) is 10.1 Å². The van der Waals surface area contributed by atoms with Gasteiger partial charge in [-0.2, -0.15) is 9.97 Å². The SMILES string of the molecule is COCCNc1nc(N)c([N+](=O)[O-])c(NC[C@H]2CCCO2)n1. The molecule has 1 aliphatic rings. The molecule has 2 heterocycles. The minimum Gasteiger partial charge on any atom is -0.383 e. The number of nitrogen functional groups attached to an aromatic ring is 1. The Morgan fingerprint density at radius 3 is 2.95 bits per heavy atom. The van der Waals surface area contributed by atoms with E-state index in [4.69, 9.17) is 15.2 Å². The fourth-order valence-corrected chi connectivity index (χ4v) is 2.14. The molecular weight excluding hydrogens is 292 g/mol. The molecule has 122 valence electrons. The third-order valence-electron chi connectivity index (χ3n) is 3.20. The molecule has 0 radical (unpaired) electrons. The van der Waals surface area contributed by atoms with Crippen LogP contribution in [0.4, 0.5) is 23.3 Å². The third kappa shape index (κ3) is 4.15. The number of ether oxygens (including phenoxy) is 2. The Morgan fingerprint density at radius 2 is 2.32 bits per heavy atom. The van der Waals surface area contributed by atoms with Gasteiger partial charge in [0.05, 0.1) is 17.6 Å². The van der Waals surface area contributed by atoms with Gasteiger partial charge >= 0.3 is 5.69 Å². The number of methoxy groups -OCH3 is 1. The summed E-state index contributed by atoms with van der Waals surface area (Å²) < 4.78 is 10.4. The van der Waals surface area contributed by atoms with E-state index in [-0.39, 0.29) is 29.4 Å². The molecule has 1 aromatic rings. The maximum absolute atomic E-state index is 11.1. The van der Waals surface area contributed by atoms with Crippen molar-refractivity contribution in [1.82, 2.24) is 9.97 Å². The van der Waals surface area contributed by atoms with E-state index < -0.39 is 4.92 Å². The maximum Gasteiger partial charge on any atom is 0.353 e. The standard InChI is InChI=1S/C12H20N6O4/c1-21-6-4-14-12-16-10(13)9(18(19)20)11(17-12)15-7-8-3-2-5-22-8/h8H,2-7H2,1H3,(H4,13,14,15,16,17)/t8-/m1/s1. The van der Waals surface area contributed by atoms with Crippen molar-refractivity contribution < 1.29 is 14.4 Å². The molecule has 1 aromatic heterocycles. The molecule has 1 aliphatic heterocycles. The van der Waals surface area contributed by atoms with Crippen molar-refractivity contribution in [3.63, 3.8) is 0 Å². The van der Waals surface area contributed by atoms with E-state index in [1.807, 2.05) is 0 Å². The number of nitrogens with one attached hydrogen (secondary N) is 2. The summed E-state index contributed by atoms with van der Waals surface area (Å²) in [6, 6.07) is 0. The van der Waals surface area contributed by atoms with Crippen LogP contribution in [-0.2, 0) is 9.47 Å². The second-order valence-electron chi connectivity index (χ2n) is 4.82. The molecular formula is C12H20N6O4. The monoisotopic (exact) mass is 312 g/mol. The number of hydrogen-bond acceptors (Lipinski definition) is 9. The molecule has 0 spiro atoms. The van der Waals surface area contributed by atoms with Crippen molar-refractivity contribution in [1.29, 1.82) is 0 Å². The van der Waals surface area contributed by atoms with E-state index in [1.165, 1.54) is 0 Å². The smallest absolute Gasteiger partial charge is 0.353 e. The Bertz CT molecular complexity index is 521. The van der Waals surface area contributed by atoms with Gasteiger partial charge in [0.2, 0.25) is 17.6 Å². The average molecular weight is 312 g/mol. The lowest BCUT2D eigenvalue weighted by molar-refractivity contribution is -0.383. The zero-order valence-corrected chi connectivity index (χ0v) is 12.4. The van der Waals surface area contributed by atoms with Crippen LogP contribution in [0.2, 0.25) is 0 Å². The molecule has 0 aliphatic carbocycles. The molecule has 2 rings (SSSR count). The van der Waals surface area contributed by atoms with Gasteiger partial charge in [0.1, 0.15) is 0 Å². The largest absolute Gasteiger partial charge is 0.383 e. The highest BCUT2D eigenvalue weighted by atomic mass is 16.6. The number of nitrogens with two attached hydrogens (primary N) is 1. The van der Waals surface area contributed by atoms with Crippen LogP contribution in [0.25, 0.3) is 0 Å². The molecule has 0 bridgehead atoms. The van der Waals surface area contributed by atoms with Crippen LogP contribution in [0.1, 0.15) is 12.8 Å². The van der Waals surface area contributed by atoms with E-state index in [2.05, 4.69) is 20.6 Å². The topological polar surface area (TPSA) is 137 Å². The fraction of sp³-hybridized carbons (Fsp3) is 0.667. The Hall–Kier alpha value is -2.20. The Balaban J connectivity index is 2.12. The normalized spacial score (nSPS) is 17.4. The molecule has 0 aromatic carbocycles. The van der Waals surface area contributed by atoms with E-state index in [9.17, 15) is 10.1 Å². The molecule has 4 N–H and O–H groups in total. The van der Waals surface area contributed by atoms with Gasteiger partial charge in [0.25, 0.3) is 0 Å². The second kappa shape index (κ2) is 7.71. The minimum atomic E-state index is -0.591. The molecule has 1 atom stereocenters. The summed E-state index contributed by atoms with van der Waals surface area (Å²) in [6.45, 7) is 2.08. The molecule has 0 saturated carbocycles. The number of nitro groups is 1. The molecule has 10 heteroatoms. The molecule has 1 fully saturated rings. The fourth-order valence-electron chi connectivity index (χ4n) is 2.14. The van der Waals surface area contributed by atoms with E-state index in [1.54, 1.807) is 7.11 Å². The molecule has 0 amide bonds. The number of hydrogen-bond donors (Lipinski definition) is 3. The first kappa shape index (κ1) is 16.2. The summed E-state index contributed by atoms with van der Waals surface area (Å²) in [6.07, 6.45) is 1.94. The van der Waals surface area contributed by atoms with Gasteiger partial charge in [-0.1, -0.05) is 0 Å². The van der Waals surface area contributed by atoms with Crippen molar-refractivity contribution in [2.75, 3.05) is 49.8 Å². The number of rotatable bonds is 8. The summed E-state index contributed by atoms with van der Waals surface area (Å²) in [7, 11) is 1.57. The minimum absolute atomic E-state index is 0.0284. The van der Waals surface area contributed by atoms with Gasteiger partial charge in [0, 0.05) is 26.8 Å². The highest BCUT2D eigenvalue weighted by molar-refractivity contribution is 5.69. The molecule has 1 saturated heterocycles. The van der Waals surface area contributed by atoms with Gasteiger partial charge < -0.3 is 25.8 Å². The zero-order chi connectivity index (χ0) is 15.9. The highest BCUT2D eigenvalue weighted by Crippen LogP contribution is 2.29. The van der Waals surface area contributed by atoms with Crippen LogP contribution in [0.15, 0.2) is 0 Å². The van der Waals surface area contributed by atoms with Gasteiger partial charge in [-0.25, -0.2) is 0 Å². The predicted octanol–water partition coefficient (Wildman–Crippen LogP) is 0.616. The van der Waals surface area contributed by atoms with Gasteiger partial charge in [-0.15, -0.1) is 0 Å². The van der Waals surface area contributed by atoms with Gasteiger partial charge in [-0.3, -0.25) is 10.1 Å². The first-order valence-corrected chi connectivity index (χ1v) is 7.02. The molecule has 10 nitrogen and oxygen atoms in total. The predicted molar refractivity (Wildman–Crippen MR) is 80.9 cm³/mol. The van der Waals surface area contributed by atoms with Crippen LogP contribution < -0.4 is 16.4 Å². The lowest BCUT2D eigenvalue weighted by Crippen LogP contribution is -2.21. The van der Waals surface area contributed by atoms with E-state index in [0.717, 1.165) is 12.8 Å². The number of aromatic nitrogens is 2. The molecule has 22 heavy (non-hydrogen) atoms. The third-order valence-corrected chi connectivity index (χ3v) is 3.20. The zero-order valence-electron chi connectivity index (χ0n) is 12.4. The summed E-state index contributed by atoms with van der Waals surface area (Å²) in [5, 5.41) is 17.0. The lowest BCUT2D eigenvalue weighted by Gasteiger charge is -2.13. The number of nitrogens with zero attached hydrogens (tertiary/aromatic N) is 3. The van der Waals surface area contributed by atoms with Crippen LogP contribution in [-0.4, -0.2) is 54.4 Å². The average Bonchev–Trinajstić information content (AvgIpc) is 2.97. The first-order valence-electron chi connectivity index (χ1n) is 7.02. The Kier molecular flexibility index (Phi) is 5.67. The maximum atomic E-state index is 11.1. The van der Waals surface area contributed by atoms with Crippen LogP contribution in [0.5, 0.6) is 0 Å². The van der Waals surface area contributed by atoms with Crippen molar-refractivity contribution >= 4 is 23.3 Å². The van der Waals surface area contributed by atoms with Crippen LogP contribution in [0, 0.1) is 10.1 Å². The second-order valence-corrected chi connectivity index (χ2v) is 4.82.